The van der Waals surface area contributed by atoms with E-state index in [-0.39, 0.29) is 30.9 Å². The van der Waals surface area contributed by atoms with Crippen LogP contribution in [-0.4, -0.2) is 38.6 Å². The monoisotopic (exact) mass is 528 g/mol. The van der Waals surface area contributed by atoms with E-state index in [4.69, 9.17) is 10.5 Å². The summed E-state index contributed by atoms with van der Waals surface area (Å²) in [5.41, 5.74) is 7.69. The van der Waals surface area contributed by atoms with Crippen molar-refractivity contribution in [3.8, 4) is 17.0 Å². The molecule has 0 unspecified atom stereocenters. The maximum absolute atomic E-state index is 13.6. The summed E-state index contributed by atoms with van der Waals surface area (Å²) in [6.07, 6.45) is 0.114. The van der Waals surface area contributed by atoms with Crippen molar-refractivity contribution in [1.82, 2.24) is 15.2 Å². The van der Waals surface area contributed by atoms with E-state index >= 15 is 0 Å². The number of fused-ring (bicyclic) bond motifs is 2. The van der Waals surface area contributed by atoms with E-state index < -0.39 is 22.7 Å². The molecular formula is C30H29FN4O4. The van der Waals surface area contributed by atoms with Gasteiger partial charge in [-0.2, -0.15) is 10.2 Å². The first-order valence-corrected chi connectivity index (χ1v) is 12.6. The number of pyridine rings is 1. The lowest BCUT2D eigenvalue weighted by Crippen LogP contribution is -2.40. The zero-order chi connectivity index (χ0) is 28.1. The molecule has 2 aromatic carbocycles. The molecule has 39 heavy (non-hydrogen) atoms. The smallest absolute Gasteiger partial charge is 0.231 e. The van der Waals surface area contributed by atoms with Crippen LogP contribution in [0.5, 0.6) is 5.75 Å². The number of halogens is 1. The normalized spacial score (nSPS) is 17.9. The number of carbonyl (C=O) groups is 2. The van der Waals surface area contributed by atoms with Crippen molar-refractivity contribution >= 4 is 22.6 Å². The number of hydrogen-bond donors (Lipinski definition) is 2. The molecule has 3 heterocycles. The van der Waals surface area contributed by atoms with Crippen LogP contribution in [-0.2, 0) is 15.8 Å². The van der Waals surface area contributed by atoms with Crippen molar-refractivity contribution in [3.05, 3.63) is 82.4 Å². The van der Waals surface area contributed by atoms with Gasteiger partial charge in [0.25, 0.3) is 0 Å². The molecule has 9 heteroatoms. The van der Waals surface area contributed by atoms with Crippen LogP contribution >= 0.6 is 0 Å². The van der Waals surface area contributed by atoms with Gasteiger partial charge in [0.05, 0.1) is 16.9 Å². The summed E-state index contributed by atoms with van der Waals surface area (Å²) < 4.78 is 19.5. The fourth-order valence-electron chi connectivity index (χ4n) is 4.79. The molecule has 5 rings (SSSR count). The number of nitrogens with two attached hydrogens (primary N) is 1. The second kappa shape index (κ2) is 9.50. The maximum Gasteiger partial charge on any atom is 0.231 e. The van der Waals surface area contributed by atoms with Crippen molar-refractivity contribution in [3.63, 3.8) is 0 Å². The zero-order valence-corrected chi connectivity index (χ0v) is 22.2. The molecule has 0 saturated heterocycles. The number of Topliss-reactive ketones (excluding diaryl/α,β-unsaturated/α-hetero) is 1. The van der Waals surface area contributed by atoms with E-state index in [9.17, 15) is 19.1 Å². The van der Waals surface area contributed by atoms with Crippen LogP contribution in [0.3, 0.4) is 0 Å². The average Bonchev–Trinajstić information content (AvgIpc) is 3.27. The van der Waals surface area contributed by atoms with Gasteiger partial charge in [-0.15, -0.1) is 0 Å². The van der Waals surface area contributed by atoms with E-state index in [1.165, 1.54) is 12.1 Å². The quantitative estimate of drug-likeness (QED) is 0.339. The van der Waals surface area contributed by atoms with Gasteiger partial charge in [0.2, 0.25) is 5.91 Å². The number of carbonyl (C=O) groups excluding carboxylic acids is 2. The van der Waals surface area contributed by atoms with Crippen LogP contribution in [0, 0.1) is 19.7 Å². The Morgan fingerprint density at radius 2 is 1.85 bits per heavy atom. The minimum atomic E-state index is -1.53. The Morgan fingerprint density at radius 1 is 1.13 bits per heavy atom. The summed E-state index contributed by atoms with van der Waals surface area (Å²) >= 11 is 0. The minimum Gasteiger partial charge on any atom is -0.489 e. The molecule has 0 fully saturated rings. The van der Waals surface area contributed by atoms with Gasteiger partial charge in [-0.1, -0.05) is 0 Å². The van der Waals surface area contributed by atoms with Crippen molar-refractivity contribution in [1.29, 1.82) is 0 Å². The highest BCUT2D eigenvalue weighted by Gasteiger charge is 2.45. The van der Waals surface area contributed by atoms with Gasteiger partial charge in [-0.05, 0) is 88.2 Å². The summed E-state index contributed by atoms with van der Waals surface area (Å²) in [5.74, 6) is -0.768. The molecule has 2 aromatic heterocycles. The fraction of sp³-hybridized carbons (Fsp3) is 0.300. The largest absolute Gasteiger partial charge is 0.489 e. The zero-order valence-electron chi connectivity index (χ0n) is 22.2. The van der Waals surface area contributed by atoms with Crippen molar-refractivity contribution in [2.45, 2.75) is 51.6 Å². The summed E-state index contributed by atoms with van der Waals surface area (Å²) in [4.78, 5) is 30.3. The fourth-order valence-corrected chi connectivity index (χ4v) is 4.79. The molecule has 4 aromatic rings. The number of nitrogens with zero attached hydrogens (tertiary/aromatic N) is 3. The van der Waals surface area contributed by atoms with E-state index in [0.29, 0.717) is 33.7 Å². The minimum absolute atomic E-state index is 0.0167. The first-order chi connectivity index (χ1) is 18.4. The summed E-state index contributed by atoms with van der Waals surface area (Å²) in [6, 6.07) is 12.6. The number of aliphatic hydroxyl groups is 1. The number of aryl methyl sites for hydroxylation is 2. The third-order valence-electron chi connectivity index (χ3n) is 7.70. The van der Waals surface area contributed by atoms with Gasteiger partial charge < -0.3 is 15.6 Å². The van der Waals surface area contributed by atoms with Crippen LogP contribution < -0.4 is 10.5 Å². The molecule has 0 spiro atoms. The Labute approximate surface area is 225 Å². The number of ether oxygens (including phenoxy) is 1. The highest BCUT2D eigenvalue weighted by atomic mass is 19.1. The standard InChI is InChI=1S/C30H29FN4O4/c1-16-17(2)34-35-23-10-7-19(13-21(16)23)24(36)11-12-30(4,38)25-14-22-27(39-15-29(22,3)28(32)37)26(33-25)18-5-8-20(31)9-6-18/h5-10,13-14,38H,11-12,15H2,1-4H3,(H2,32,37)/t29-,30-/m0/s1. The maximum atomic E-state index is 13.6. The van der Waals surface area contributed by atoms with Crippen LogP contribution in [0.25, 0.3) is 22.2 Å². The van der Waals surface area contributed by atoms with E-state index in [0.717, 1.165) is 16.6 Å². The van der Waals surface area contributed by atoms with Crippen LogP contribution in [0.2, 0.25) is 0 Å². The van der Waals surface area contributed by atoms with Gasteiger partial charge in [0.15, 0.2) is 5.78 Å². The molecular weight excluding hydrogens is 499 g/mol. The molecule has 8 nitrogen and oxygen atoms in total. The van der Waals surface area contributed by atoms with Gasteiger partial charge in [0.1, 0.15) is 34.9 Å². The number of hydrogen-bond acceptors (Lipinski definition) is 7. The van der Waals surface area contributed by atoms with Gasteiger partial charge in [-0.25, -0.2) is 9.37 Å². The number of aromatic nitrogens is 3. The molecule has 3 N–H and O–H groups in total. The molecule has 0 radical (unpaired) electrons. The van der Waals surface area contributed by atoms with Gasteiger partial charge >= 0.3 is 0 Å². The Balaban J connectivity index is 1.49. The lowest BCUT2D eigenvalue weighted by Gasteiger charge is -2.26. The molecule has 2 atom stereocenters. The molecule has 1 aliphatic heterocycles. The second-order valence-electron chi connectivity index (χ2n) is 10.6. The predicted molar refractivity (Wildman–Crippen MR) is 144 cm³/mol. The Bertz CT molecular complexity index is 1630. The highest BCUT2D eigenvalue weighted by molar-refractivity contribution is 6.00. The van der Waals surface area contributed by atoms with Crippen molar-refractivity contribution in [2.24, 2.45) is 5.73 Å². The first-order valence-electron chi connectivity index (χ1n) is 12.6. The first kappa shape index (κ1) is 26.4. The predicted octanol–water partition coefficient (Wildman–Crippen LogP) is 4.45. The summed E-state index contributed by atoms with van der Waals surface area (Å²) in [6.45, 7) is 7.07. The van der Waals surface area contributed by atoms with E-state index in [1.54, 1.807) is 50.2 Å². The Morgan fingerprint density at radius 3 is 2.54 bits per heavy atom. The number of ketones is 1. The van der Waals surface area contributed by atoms with Crippen LogP contribution in [0.4, 0.5) is 4.39 Å². The van der Waals surface area contributed by atoms with Crippen LogP contribution in [0.15, 0.2) is 48.5 Å². The van der Waals surface area contributed by atoms with Crippen molar-refractivity contribution < 1.29 is 23.8 Å². The highest BCUT2D eigenvalue weighted by Crippen LogP contribution is 2.46. The lowest BCUT2D eigenvalue weighted by molar-refractivity contribution is -0.123. The van der Waals surface area contributed by atoms with Gasteiger partial charge in [-0.3, -0.25) is 9.59 Å². The number of amides is 1. The van der Waals surface area contributed by atoms with Gasteiger partial charge in [0, 0.05) is 28.5 Å². The summed E-state index contributed by atoms with van der Waals surface area (Å²) in [7, 11) is 0. The third-order valence-corrected chi connectivity index (χ3v) is 7.70. The SMILES string of the molecule is Cc1nnc2ccc(C(=O)CC[C@](C)(O)c3cc4c(c(-c5ccc(F)cc5)n3)OC[C@]4(C)C(N)=O)cc2c1C. The molecule has 0 aliphatic carbocycles. The third kappa shape index (κ3) is 4.63. The van der Waals surface area contributed by atoms with Crippen LogP contribution in [0.1, 0.15) is 59.6 Å². The number of primary amides is 1. The Kier molecular flexibility index (Phi) is 6.42. The number of benzene rings is 2. The molecule has 0 saturated carbocycles. The Hall–Kier alpha value is -4.24. The molecule has 1 aliphatic rings. The molecule has 200 valence electrons. The van der Waals surface area contributed by atoms with E-state index in [1.807, 2.05) is 13.8 Å². The van der Waals surface area contributed by atoms with Crippen molar-refractivity contribution in [2.75, 3.05) is 6.61 Å². The average molecular weight is 529 g/mol. The summed E-state index contributed by atoms with van der Waals surface area (Å²) in [5, 5.41) is 20.7. The molecule has 0 bridgehead atoms. The van der Waals surface area contributed by atoms with E-state index in [2.05, 4.69) is 15.2 Å². The second-order valence-corrected chi connectivity index (χ2v) is 10.6. The number of rotatable bonds is 7. The lowest BCUT2D eigenvalue weighted by atomic mass is 9.81. The topological polar surface area (TPSA) is 128 Å². The molecule has 1 amide bonds.